The molecule has 0 radical (unpaired) electrons. The van der Waals surface area contributed by atoms with Gasteiger partial charge in [-0.15, -0.1) is 0 Å². The quantitative estimate of drug-likeness (QED) is 0.751. The second-order valence-electron chi connectivity index (χ2n) is 7.93. The van der Waals surface area contributed by atoms with E-state index in [0.717, 1.165) is 62.9 Å². The van der Waals surface area contributed by atoms with Crippen LogP contribution < -0.4 is 4.90 Å². The fraction of sp³-hybridized carbons (Fsp3) is 0.545. The van der Waals surface area contributed by atoms with E-state index in [-0.39, 0.29) is 0 Å². The number of piperidine rings is 1. The molecule has 0 unspecified atom stereocenters. The Morgan fingerprint density at radius 3 is 2.19 bits per heavy atom. The molecule has 0 spiro atoms. The van der Waals surface area contributed by atoms with Crippen LogP contribution in [0, 0.1) is 13.8 Å². The molecule has 1 aromatic heterocycles. The van der Waals surface area contributed by atoms with Gasteiger partial charge < -0.3 is 9.80 Å². The van der Waals surface area contributed by atoms with Gasteiger partial charge in [0.05, 0.1) is 0 Å². The van der Waals surface area contributed by atoms with Crippen LogP contribution in [-0.2, 0) is 6.54 Å². The maximum absolute atomic E-state index is 4.65. The first-order valence-electron chi connectivity index (χ1n) is 10.0. The molecule has 5 heteroatoms. The number of aryl methyl sites for hydroxylation is 2. The minimum absolute atomic E-state index is 0.618. The maximum Gasteiger partial charge on any atom is 0.225 e. The molecule has 1 aliphatic heterocycles. The van der Waals surface area contributed by atoms with Crippen LogP contribution in [-0.4, -0.2) is 66.1 Å². The van der Waals surface area contributed by atoms with E-state index in [1.165, 1.54) is 5.56 Å². The number of likely N-dealkylation sites (N-methyl/N-ethyl adjacent to an activating group) is 1. The topological polar surface area (TPSA) is 35.5 Å². The number of nitrogens with zero attached hydrogens (tertiary/aromatic N) is 5. The van der Waals surface area contributed by atoms with Gasteiger partial charge in [-0.25, -0.2) is 9.97 Å². The van der Waals surface area contributed by atoms with Gasteiger partial charge in [-0.05, 0) is 52.4 Å². The van der Waals surface area contributed by atoms with Crippen LogP contribution in [0.1, 0.15) is 29.8 Å². The van der Waals surface area contributed by atoms with Crippen LogP contribution in [0.5, 0.6) is 0 Å². The van der Waals surface area contributed by atoms with Gasteiger partial charge in [0, 0.05) is 50.2 Å². The van der Waals surface area contributed by atoms with Crippen molar-refractivity contribution in [3.63, 3.8) is 0 Å². The summed E-state index contributed by atoms with van der Waals surface area (Å²) in [6, 6.07) is 13.5. The molecule has 1 aliphatic rings. The Kier molecular flexibility index (Phi) is 6.80. The van der Waals surface area contributed by atoms with Crippen molar-refractivity contribution in [1.29, 1.82) is 0 Å². The molecule has 5 nitrogen and oxygen atoms in total. The Morgan fingerprint density at radius 2 is 1.59 bits per heavy atom. The highest BCUT2D eigenvalue weighted by molar-refractivity contribution is 5.33. The molecule has 3 rings (SSSR count). The van der Waals surface area contributed by atoms with Gasteiger partial charge in [0.2, 0.25) is 5.95 Å². The smallest absolute Gasteiger partial charge is 0.225 e. The van der Waals surface area contributed by atoms with E-state index in [0.29, 0.717) is 6.04 Å². The first-order chi connectivity index (χ1) is 13.0. The largest absolute Gasteiger partial charge is 0.341 e. The molecule has 1 fully saturated rings. The highest BCUT2D eigenvalue weighted by Gasteiger charge is 2.26. The summed E-state index contributed by atoms with van der Waals surface area (Å²) < 4.78 is 0. The fourth-order valence-electron chi connectivity index (χ4n) is 3.82. The summed E-state index contributed by atoms with van der Waals surface area (Å²) in [6.45, 7) is 9.38. The number of hydrogen-bond donors (Lipinski definition) is 0. The Bertz CT molecular complexity index is 688. The zero-order valence-corrected chi connectivity index (χ0v) is 17.2. The number of hydrogen-bond acceptors (Lipinski definition) is 5. The molecule has 0 aliphatic carbocycles. The average Bonchev–Trinajstić information content (AvgIpc) is 2.65. The van der Waals surface area contributed by atoms with E-state index in [9.17, 15) is 0 Å². The Labute approximate surface area is 164 Å². The Balaban J connectivity index is 1.64. The van der Waals surface area contributed by atoms with Gasteiger partial charge >= 0.3 is 0 Å². The van der Waals surface area contributed by atoms with Crippen molar-refractivity contribution >= 4 is 5.95 Å². The lowest BCUT2D eigenvalue weighted by molar-refractivity contribution is 0.147. The lowest BCUT2D eigenvalue weighted by atomic mass is 10.0. The van der Waals surface area contributed by atoms with E-state index < -0.39 is 0 Å². The predicted octanol–water partition coefficient (Wildman–Crippen LogP) is 3.13. The minimum Gasteiger partial charge on any atom is -0.341 e. The molecule has 1 aromatic carbocycles. The van der Waals surface area contributed by atoms with E-state index >= 15 is 0 Å². The van der Waals surface area contributed by atoms with Crippen molar-refractivity contribution in [3.05, 3.63) is 53.3 Å². The van der Waals surface area contributed by atoms with Crippen LogP contribution in [0.3, 0.4) is 0 Å². The molecule has 0 N–H and O–H groups in total. The second-order valence-corrected chi connectivity index (χ2v) is 7.93. The normalized spacial score (nSPS) is 15.7. The summed E-state index contributed by atoms with van der Waals surface area (Å²) in [5.74, 6) is 0.897. The standard InChI is InChI=1S/C22H33N5/c1-18-16-19(2)24-22(23-18)26-12-10-21(11-13-26)27(15-14-25(3)4)17-20-8-6-5-7-9-20/h5-9,16,21H,10-15,17H2,1-4H3. The highest BCUT2D eigenvalue weighted by atomic mass is 15.3. The second kappa shape index (κ2) is 9.29. The van der Waals surface area contributed by atoms with E-state index in [2.05, 4.69) is 69.1 Å². The van der Waals surface area contributed by atoms with Crippen LogP contribution in [0.15, 0.2) is 36.4 Å². The van der Waals surface area contributed by atoms with Crippen molar-refractivity contribution in [3.8, 4) is 0 Å². The number of anilines is 1. The van der Waals surface area contributed by atoms with E-state index in [1.807, 2.05) is 19.9 Å². The molecular weight excluding hydrogens is 334 g/mol. The van der Waals surface area contributed by atoms with E-state index in [1.54, 1.807) is 0 Å². The summed E-state index contributed by atoms with van der Waals surface area (Å²) in [7, 11) is 4.31. The molecular formula is C22H33N5. The van der Waals surface area contributed by atoms with Crippen LogP contribution >= 0.6 is 0 Å². The lowest BCUT2D eigenvalue weighted by Gasteiger charge is -2.39. The molecule has 0 atom stereocenters. The molecule has 146 valence electrons. The Hall–Kier alpha value is -1.98. The van der Waals surface area contributed by atoms with Crippen LogP contribution in [0.25, 0.3) is 0 Å². The molecule has 2 aromatic rings. The van der Waals surface area contributed by atoms with Gasteiger partial charge in [-0.1, -0.05) is 30.3 Å². The highest BCUT2D eigenvalue weighted by Crippen LogP contribution is 2.22. The van der Waals surface area contributed by atoms with Crippen LogP contribution in [0.2, 0.25) is 0 Å². The zero-order valence-electron chi connectivity index (χ0n) is 17.2. The molecule has 2 heterocycles. The van der Waals surface area contributed by atoms with Gasteiger partial charge in [-0.2, -0.15) is 0 Å². The van der Waals surface area contributed by atoms with Gasteiger partial charge in [0.15, 0.2) is 0 Å². The van der Waals surface area contributed by atoms with Gasteiger partial charge in [0.1, 0.15) is 0 Å². The first kappa shape index (κ1) is 19.8. The molecule has 0 bridgehead atoms. The van der Waals surface area contributed by atoms with Crippen molar-refractivity contribution in [2.24, 2.45) is 0 Å². The van der Waals surface area contributed by atoms with Crippen LogP contribution in [0.4, 0.5) is 5.95 Å². The predicted molar refractivity (Wildman–Crippen MR) is 112 cm³/mol. The number of rotatable bonds is 7. The molecule has 0 amide bonds. The summed E-state index contributed by atoms with van der Waals surface area (Å²) >= 11 is 0. The van der Waals surface area contributed by atoms with Gasteiger partial charge in [0.25, 0.3) is 0 Å². The Morgan fingerprint density at radius 1 is 0.963 bits per heavy atom. The third-order valence-electron chi connectivity index (χ3n) is 5.30. The van der Waals surface area contributed by atoms with Gasteiger partial charge in [-0.3, -0.25) is 4.90 Å². The summed E-state index contributed by atoms with van der Waals surface area (Å²) in [5.41, 5.74) is 3.50. The maximum atomic E-state index is 4.65. The number of aromatic nitrogens is 2. The zero-order chi connectivity index (χ0) is 19.2. The third-order valence-corrected chi connectivity index (χ3v) is 5.30. The van der Waals surface area contributed by atoms with Crippen molar-refractivity contribution < 1.29 is 0 Å². The number of benzene rings is 1. The monoisotopic (exact) mass is 367 g/mol. The third kappa shape index (κ3) is 5.75. The lowest BCUT2D eigenvalue weighted by Crippen LogP contribution is -2.47. The fourth-order valence-corrected chi connectivity index (χ4v) is 3.82. The first-order valence-corrected chi connectivity index (χ1v) is 10.0. The summed E-state index contributed by atoms with van der Waals surface area (Å²) in [4.78, 5) is 16.6. The molecule has 0 saturated carbocycles. The average molecular weight is 368 g/mol. The van der Waals surface area contributed by atoms with Crippen molar-refractivity contribution in [2.45, 2.75) is 39.3 Å². The summed E-state index contributed by atoms with van der Waals surface area (Å²) in [5, 5.41) is 0. The van der Waals surface area contributed by atoms with Crippen molar-refractivity contribution in [1.82, 2.24) is 19.8 Å². The SMILES string of the molecule is Cc1cc(C)nc(N2CCC(N(CCN(C)C)Cc3ccccc3)CC2)n1. The minimum atomic E-state index is 0.618. The summed E-state index contributed by atoms with van der Waals surface area (Å²) in [6.07, 6.45) is 2.33. The molecule has 1 saturated heterocycles. The molecule has 27 heavy (non-hydrogen) atoms. The van der Waals surface area contributed by atoms with E-state index in [4.69, 9.17) is 0 Å². The van der Waals surface area contributed by atoms with Crippen molar-refractivity contribution in [2.75, 3.05) is 45.2 Å².